The number of nitrogen functional groups attached to an aromatic ring is 1. The molecule has 1 aliphatic carbocycles. The van der Waals surface area contributed by atoms with Gasteiger partial charge in [-0.05, 0) is 18.6 Å². The summed E-state index contributed by atoms with van der Waals surface area (Å²) in [6, 6.07) is 3.51. The number of nitrogens with two attached hydrogens (primary N) is 1. The number of nitrogens with zero attached hydrogens (tertiary/aromatic N) is 2. The Bertz CT molecular complexity index is 488. The van der Waals surface area contributed by atoms with E-state index >= 15 is 0 Å². The fourth-order valence-electron chi connectivity index (χ4n) is 1.86. The van der Waals surface area contributed by atoms with Gasteiger partial charge in [0.25, 0.3) is 5.92 Å². The number of anilines is 1. The van der Waals surface area contributed by atoms with E-state index in [4.69, 9.17) is 16.6 Å². The van der Waals surface area contributed by atoms with Gasteiger partial charge >= 0.3 is 0 Å². The molecule has 18 heavy (non-hydrogen) atoms. The molecule has 1 unspecified atom stereocenters. The van der Waals surface area contributed by atoms with Gasteiger partial charge in [0, 0.05) is 6.42 Å². The van der Waals surface area contributed by atoms with E-state index in [0.717, 1.165) is 11.2 Å². The summed E-state index contributed by atoms with van der Waals surface area (Å²) >= 11 is 0. The summed E-state index contributed by atoms with van der Waals surface area (Å²) in [4.78, 5) is 4.83. The average Bonchev–Trinajstić information content (AvgIpc) is 2.33. The number of halogens is 2. The summed E-state index contributed by atoms with van der Waals surface area (Å²) in [5, 5.41) is 15.1. The molecule has 1 aromatic rings. The molecule has 1 aliphatic rings. The number of hydrogen-bond donors (Lipinski definition) is 3. The smallest absolute Gasteiger partial charge is 0.268 e. The highest BCUT2D eigenvalue weighted by atomic mass is 19.3. The summed E-state index contributed by atoms with van der Waals surface area (Å²) < 4.78 is 26.6. The quantitative estimate of drug-likeness (QED) is 0.565. The third kappa shape index (κ3) is 2.03. The lowest BCUT2D eigenvalue weighted by Gasteiger charge is -2.42. The van der Waals surface area contributed by atoms with Crippen LogP contribution < -0.4 is 5.73 Å². The molecule has 1 fully saturated rings. The van der Waals surface area contributed by atoms with Gasteiger partial charge in [-0.25, -0.2) is 13.8 Å². The lowest BCUT2D eigenvalue weighted by atomic mass is 9.86. The number of amidine groups is 1. The molecule has 0 aliphatic heterocycles. The van der Waals surface area contributed by atoms with Crippen molar-refractivity contribution in [1.29, 1.82) is 10.8 Å². The third-order valence-corrected chi connectivity index (χ3v) is 2.98. The maximum absolute atomic E-state index is 13.3. The normalized spacial score (nSPS) is 20.9. The second-order valence-corrected chi connectivity index (χ2v) is 4.15. The fourth-order valence-corrected chi connectivity index (χ4v) is 1.86. The standard InChI is InChI=1S/C11H13F2N5/c12-11(13)5-4-8(11)18(6-14)10(16)7-2-1-3-9(15)17-7/h1-3,6,8,14,16H,4-5H2,(H2,15,17). The SMILES string of the molecule is N=CN(C(=N)c1cccc(N)n1)C1CCC1(F)F. The van der Waals surface area contributed by atoms with Crippen LogP contribution >= 0.6 is 0 Å². The Labute approximate surface area is 103 Å². The molecule has 7 heteroatoms. The van der Waals surface area contributed by atoms with Crippen LogP contribution in [0.15, 0.2) is 18.2 Å². The highest BCUT2D eigenvalue weighted by molar-refractivity contribution is 6.01. The molecule has 1 saturated carbocycles. The van der Waals surface area contributed by atoms with Gasteiger partial charge in [0.2, 0.25) is 0 Å². The lowest BCUT2D eigenvalue weighted by molar-refractivity contribution is -0.120. The number of alkyl halides is 2. The molecule has 5 nitrogen and oxygen atoms in total. The average molecular weight is 253 g/mol. The van der Waals surface area contributed by atoms with E-state index in [9.17, 15) is 8.78 Å². The van der Waals surface area contributed by atoms with Gasteiger partial charge < -0.3 is 10.6 Å². The van der Waals surface area contributed by atoms with Crippen LogP contribution in [0.25, 0.3) is 0 Å². The largest absolute Gasteiger partial charge is 0.384 e. The van der Waals surface area contributed by atoms with Crippen LogP contribution in [0.1, 0.15) is 18.5 Å². The minimum Gasteiger partial charge on any atom is -0.384 e. The predicted octanol–water partition coefficient (Wildman–Crippen LogP) is 1.70. The van der Waals surface area contributed by atoms with E-state index in [1.165, 1.54) is 6.07 Å². The Kier molecular flexibility index (Phi) is 2.98. The van der Waals surface area contributed by atoms with Gasteiger partial charge in [-0.2, -0.15) is 0 Å². The highest BCUT2D eigenvalue weighted by Gasteiger charge is 2.52. The molecule has 0 saturated heterocycles. The lowest BCUT2D eigenvalue weighted by Crippen LogP contribution is -2.56. The molecule has 4 N–H and O–H groups in total. The highest BCUT2D eigenvalue weighted by Crippen LogP contribution is 2.41. The molecular weight excluding hydrogens is 240 g/mol. The van der Waals surface area contributed by atoms with Crippen molar-refractivity contribution in [2.45, 2.75) is 24.8 Å². The van der Waals surface area contributed by atoms with Crippen molar-refractivity contribution >= 4 is 18.0 Å². The first-order valence-electron chi connectivity index (χ1n) is 5.44. The van der Waals surface area contributed by atoms with Crippen molar-refractivity contribution in [1.82, 2.24) is 9.88 Å². The van der Waals surface area contributed by atoms with Crippen LogP contribution in [0.4, 0.5) is 14.6 Å². The first kappa shape index (κ1) is 12.4. The number of hydrogen-bond acceptors (Lipinski definition) is 4. The van der Waals surface area contributed by atoms with Crippen molar-refractivity contribution < 1.29 is 8.78 Å². The summed E-state index contributed by atoms with van der Waals surface area (Å²) in [5.74, 6) is -2.88. The number of rotatable bonds is 3. The topological polar surface area (TPSA) is 89.9 Å². The molecule has 0 spiro atoms. The Hall–Kier alpha value is -2.05. The van der Waals surface area contributed by atoms with Gasteiger partial charge in [-0.3, -0.25) is 10.8 Å². The van der Waals surface area contributed by atoms with Crippen LogP contribution in [-0.2, 0) is 0 Å². The Balaban J connectivity index is 2.23. The first-order valence-corrected chi connectivity index (χ1v) is 5.44. The second kappa shape index (κ2) is 4.32. The molecule has 2 rings (SSSR count). The van der Waals surface area contributed by atoms with Crippen LogP contribution in [0.3, 0.4) is 0 Å². The van der Waals surface area contributed by atoms with Gasteiger partial charge in [-0.1, -0.05) is 6.07 Å². The Morgan fingerprint density at radius 3 is 2.72 bits per heavy atom. The zero-order chi connectivity index (χ0) is 13.3. The molecule has 1 aromatic heterocycles. The molecule has 0 radical (unpaired) electrons. The van der Waals surface area contributed by atoms with Gasteiger partial charge in [0.05, 0.1) is 6.34 Å². The molecule has 1 atom stereocenters. The third-order valence-electron chi connectivity index (χ3n) is 2.98. The molecule has 0 bridgehead atoms. The van der Waals surface area contributed by atoms with E-state index in [0.29, 0.717) is 0 Å². The predicted molar refractivity (Wildman–Crippen MR) is 64.1 cm³/mol. The molecule has 0 aromatic carbocycles. The van der Waals surface area contributed by atoms with E-state index in [1.54, 1.807) is 12.1 Å². The van der Waals surface area contributed by atoms with Gasteiger partial charge in [0.1, 0.15) is 17.6 Å². The Morgan fingerprint density at radius 2 is 2.28 bits per heavy atom. The minimum atomic E-state index is -2.86. The number of aromatic nitrogens is 1. The van der Waals surface area contributed by atoms with Gasteiger partial charge in [0.15, 0.2) is 5.84 Å². The number of nitrogens with one attached hydrogen (secondary N) is 2. The van der Waals surface area contributed by atoms with Crippen molar-refractivity contribution in [2.24, 2.45) is 0 Å². The second-order valence-electron chi connectivity index (χ2n) is 4.15. The van der Waals surface area contributed by atoms with Crippen molar-refractivity contribution in [3.8, 4) is 0 Å². The van der Waals surface area contributed by atoms with E-state index in [2.05, 4.69) is 4.98 Å². The summed E-state index contributed by atoms with van der Waals surface area (Å²) in [6.45, 7) is 0. The van der Waals surface area contributed by atoms with Crippen molar-refractivity contribution in [3.05, 3.63) is 23.9 Å². The first-order chi connectivity index (χ1) is 8.45. The Morgan fingerprint density at radius 1 is 1.56 bits per heavy atom. The van der Waals surface area contributed by atoms with Crippen LogP contribution in [0.2, 0.25) is 0 Å². The van der Waals surface area contributed by atoms with E-state index in [1.807, 2.05) is 0 Å². The fraction of sp³-hybridized carbons (Fsp3) is 0.364. The summed E-state index contributed by atoms with van der Waals surface area (Å²) in [7, 11) is 0. The molecule has 1 heterocycles. The van der Waals surface area contributed by atoms with E-state index < -0.39 is 12.0 Å². The van der Waals surface area contributed by atoms with Crippen LogP contribution in [0.5, 0.6) is 0 Å². The summed E-state index contributed by atoms with van der Waals surface area (Å²) in [5.41, 5.74) is 5.66. The summed E-state index contributed by atoms with van der Waals surface area (Å²) in [6.07, 6.45) is 0.789. The van der Waals surface area contributed by atoms with Crippen molar-refractivity contribution in [3.63, 3.8) is 0 Å². The minimum absolute atomic E-state index is 0.182. The van der Waals surface area contributed by atoms with Crippen LogP contribution in [-0.4, -0.2) is 34.0 Å². The maximum Gasteiger partial charge on any atom is 0.268 e. The van der Waals surface area contributed by atoms with Crippen LogP contribution in [0, 0.1) is 10.8 Å². The zero-order valence-corrected chi connectivity index (χ0v) is 9.53. The number of pyridine rings is 1. The van der Waals surface area contributed by atoms with E-state index in [-0.39, 0.29) is 30.2 Å². The van der Waals surface area contributed by atoms with Gasteiger partial charge in [-0.15, -0.1) is 0 Å². The van der Waals surface area contributed by atoms with Crippen molar-refractivity contribution in [2.75, 3.05) is 5.73 Å². The molecule has 0 amide bonds. The molecule has 96 valence electrons. The maximum atomic E-state index is 13.3. The zero-order valence-electron chi connectivity index (χ0n) is 9.53. The monoisotopic (exact) mass is 253 g/mol. The molecular formula is C11H13F2N5.